The average molecular weight is 289 g/mol. The molecule has 21 heavy (non-hydrogen) atoms. The second kappa shape index (κ2) is 6.47. The summed E-state index contributed by atoms with van der Waals surface area (Å²) in [6.45, 7) is 0. The van der Waals surface area contributed by atoms with Crippen molar-refractivity contribution in [2.75, 3.05) is 14.2 Å². The van der Waals surface area contributed by atoms with Crippen LogP contribution >= 0.6 is 0 Å². The van der Waals surface area contributed by atoms with E-state index in [4.69, 9.17) is 25.2 Å². The van der Waals surface area contributed by atoms with Crippen LogP contribution in [0.5, 0.6) is 23.0 Å². The average Bonchev–Trinajstić information content (AvgIpc) is 2.53. The lowest BCUT2D eigenvalue weighted by Gasteiger charge is -2.10. The first-order valence-corrected chi connectivity index (χ1v) is 6.01. The molecule has 0 atom stereocenters. The highest BCUT2D eigenvalue weighted by Gasteiger charge is 2.07. The van der Waals surface area contributed by atoms with Gasteiger partial charge in [-0.05, 0) is 6.07 Å². The number of nitrogens with two attached hydrogens (primary N) is 1. The van der Waals surface area contributed by atoms with Gasteiger partial charge in [-0.15, -0.1) is 0 Å². The quantitative estimate of drug-likeness (QED) is 0.378. The van der Waals surface area contributed by atoms with Crippen molar-refractivity contribution in [3.63, 3.8) is 0 Å². The zero-order valence-electron chi connectivity index (χ0n) is 11.6. The van der Waals surface area contributed by atoms with Gasteiger partial charge in [0.2, 0.25) is 0 Å². The van der Waals surface area contributed by atoms with Crippen LogP contribution in [0.4, 0.5) is 0 Å². The molecule has 2 aromatic rings. The van der Waals surface area contributed by atoms with Crippen LogP contribution in [-0.2, 0) is 0 Å². The first kappa shape index (κ1) is 14.4. The van der Waals surface area contributed by atoms with Crippen molar-refractivity contribution >= 4 is 5.84 Å². The van der Waals surface area contributed by atoms with Crippen LogP contribution in [-0.4, -0.2) is 30.2 Å². The third-order valence-corrected chi connectivity index (χ3v) is 2.66. The van der Waals surface area contributed by atoms with Gasteiger partial charge in [0.25, 0.3) is 0 Å². The topological polar surface area (TPSA) is 99.2 Å². The standard InChI is InChI=1S/C14H15N3O4/c1-19-10-5-11(20-2)7-12(6-10)21-9-3-4-16-13(8-9)14(15)17-18/h3-8,18H,1-2H3,(H2,15,17). The van der Waals surface area contributed by atoms with Crippen molar-refractivity contribution in [1.29, 1.82) is 0 Å². The van der Waals surface area contributed by atoms with Crippen molar-refractivity contribution in [2.24, 2.45) is 10.9 Å². The first-order valence-electron chi connectivity index (χ1n) is 6.01. The lowest BCUT2D eigenvalue weighted by atomic mass is 10.3. The SMILES string of the molecule is COc1cc(OC)cc(Oc2ccnc(C(N)=NO)c2)c1. The molecule has 7 nitrogen and oxygen atoms in total. The largest absolute Gasteiger partial charge is 0.496 e. The maximum absolute atomic E-state index is 8.65. The number of amidine groups is 1. The molecule has 2 rings (SSSR count). The van der Waals surface area contributed by atoms with Gasteiger partial charge in [-0.1, -0.05) is 5.16 Å². The van der Waals surface area contributed by atoms with Crippen molar-refractivity contribution in [3.8, 4) is 23.0 Å². The maximum atomic E-state index is 8.65. The lowest BCUT2D eigenvalue weighted by molar-refractivity contribution is 0.318. The van der Waals surface area contributed by atoms with Crippen LogP contribution in [0.25, 0.3) is 0 Å². The summed E-state index contributed by atoms with van der Waals surface area (Å²) in [7, 11) is 3.11. The molecular weight excluding hydrogens is 274 g/mol. The molecule has 0 radical (unpaired) electrons. The van der Waals surface area contributed by atoms with E-state index in [2.05, 4.69) is 10.1 Å². The Morgan fingerprint density at radius 3 is 2.24 bits per heavy atom. The number of oxime groups is 1. The number of pyridine rings is 1. The van der Waals surface area contributed by atoms with Crippen molar-refractivity contribution in [1.82, 2.24) is 4.98 Å². The number of hydrogen-bond donors (Lipinski definition) is 2. The number of hydrogen-bond acceptors (Lipinski definition) is 6. The summed E-state index contributed by atoms with van der Waals surface area (Å²) in [5, 5.41) is 11.6. The maximum Gasteiger partial charge on any atom is 0.188 e. The smallest absolute Gasteiger partial charge is 0.188 e. The van der Waals surface area contributed by atoms with Crippen LogP contribution < -0.4 is 19.9 Å². The normalized spacial score (nSPS) is 11.0. The number of methoxy groups -OCH3 is 2. The van der Waals surface area contributed by atoms with Crippen molar-refractivity contribution in [2.45, 2.75) is 0 Å². The Balaban J connectivity index is 2.29. The predicted molar refractivity (Wildman–Crippen MR) is 76.4 cm³/mol. The third-order valence-electron chi connectivity index (χ3n) is 2.66. The number of ether oxygens (including phenoxy) is 3. The summed E-state index contributed by atoms with van der Waals surface area (Å²) < 4.78 is 16.0. The Hall–Kier alpha value is -2.96. The fourth-order valence-corrected chi connectivity index (χ4v) is 1.64. The van der Waals surface area contributed by atoms with E-state index < -0.39 is 0 Å². The molecule has 0 saturated carbocycles. The van der Waals surface area contributed by atoms with E-state index in [-0.39, 0.29) is 5.84 Å². The molecule has 3 N–H and O–H groups in total. The molecule has 0 aliphatic heterocycles. The van der Waals surface area contributed by atoms with Gasteiger partial charge in [-0.25, -0.2) is 0 Å². The second-order valence-electron chi connectivity index (χ2n) is 4.01. The van der Waals surface area contributed by atoms with Gasteiger partial charge in [0.05, 0.1) is 14.2 Å². The molecule has 1 aromatic heterocycles. The highest BCUT2D eigenvalue weighted by molar-refractivity contribution is 5.95. The number of benzene rings is 1. The van der Waals surface area contributed by atoms with Gasteiger partial charge in [-0.2, -0.15) is 0 Å². The zero-order chi connectivity index (χ0) is 15.2. The lowest BCUT2D eigenvalue weighted by Crippen LogP contribution is -2.14. The first-order chi connectivity index (χ1) is 10.2. The summed E-state index contributed by atoms with van der Waals surface area (Å²) >= 11 is 0. The molecule has 110 valence electrons. The highest BCUT2D eigenvalue weighted by Crippen LogP contribution is 2.30. The predicted octanol–water partition coefficient (Wildman–Crippen LogP) is 1.99. The molecule has 0 aliphatic rings. The Labute approximate surface area is 121 Å². The molecule has 0 aliphatic carbocycles. The zero-order valence-corrected chi connectivity index (χ0v) is 11.6. The van der Waals surface area contributed by atoms with Crippen LogP contribution in [0.15, 0.2) is 41.7 Å². The Morgan fingerprint density at radius 2 is 1.67 bits per heavy atom. The third kappa shape index (κ3) is 3.53. The molecule has 1 heterocycles. The molecule has 0 amide bonds. The molecule has 0 bridgehead atoms. The minimum atomic E-state index is -0.0938. The van der Waals surface area contributed by atoms with Gasteiger partial charge >= 0.3 is 0 Å². The van der Waals surface area contributed by atoms with Crippen LogP contribution in [0.2, 0.25) is 0 Å². The van der Waals surface area contributed by atoms with E-state index in [9.17, 15) is 0 Å². The number of rotatable bonds is 5. The van der Waals surface area contributed by atoms with Crippen molar-refractivity contribution < 1.29 is 19.4 Å². The number of nitrogens with zero attached hydrogens (tertiary/aromatic N) is 2. The Kier molecular flexibility index (Phi) is 4.45. The molecule has 0 fully saturated rings. The van der Waals surface area contributed by atoms with Crippen LogP contribution in [0.1, 0.15) is 5.69 Å². The van der Waals surface area contributed by atoms with E-state index in [0.29, 0.717) is 28.7 Å². The molecule has 0 unspecified atom stereocenters. The molecule has 0 spiro atoms. The molecule has 7 heteroatoms. The molecular formula is C14H15N3O4. The molecule has 1 aromatic carbocycles. The Bertz CT molecular complexity index is 636. The minimum absolute atomic E-state index is 0.0938. The van der Waals surface area contributed by atoms with Crippen molar-refractivity contribution in [3.05, 3.63) is 42.2 Å². The van der Waals surface area contributed by atoms with E-state index in [1.54, 1.807) is 44.6 Å². The second-order valence-corrected chi connectivity index (χ2v) is 4.01. The highest BCUT2D eigenvalue weighted by atomic mass is 16.5. The fraction of sp³-hybridized carbons (Fsp3) is 0.143. The monoisotopic (exact) mass is 289 g/mol. The van der Waals surface area contributed by atoms with Gasteiger partial charge < -0.3 is 25.2 Å². The summed E-state index contributed by atoms with van der Waals surface area (Å²) in [4.78, 5) is 3.97. The van der Waals surface area contributed by atoms with Crippen LogP contribution in [0, 0.1) is 0 Å². The summed E-state index contributed by atoms with van der Waals surface area (Å²) in [5.74, 6) is 2.14. The van der Waals surface area contributed by atoms with Gasteiger partial charge in [-0.3, -0.25) is 4.98 Å². The summed E-state index contributed by atoms with van der Waals surface area (Å²) in [6.07, 6.45) is 1.50. The van der Waals surface area contributed by atoms with E-state index in [1.807, 2.05) is 0 Å². The van der Waals surface area contributed by atoms with E-state index in [1.165, 1.54) is 6.20 Å². The fourth-order valence-electron chi connectivity index (χ4n) is 1.64. The Morgan fingerprint density at radius 1 is 1.05 bits per heavy atom. The van der Waals surface area contributed by atoms with Gasteiger partial charge in [0.1, 0.15) is 28.7 Å². The van der Waals surface area contributed by atoms with E-state index >= 15 is 0 Å². The summed E-state index contributed by atoms with van der Waals surface area (Å²) in [5.41, 5.74) is 5.80. The van der Waals surface area contributed by atoms with Gasteiger partial charge in [0.15, 0.2) is 5.84 Å². The van der Waals surface area contributed by atoms with Gasteiger partial charge in [0, 0.05) is 30.5 Å². The van der Waals surface area contributed by atoms with E-state index in [0.717, 1.165) is 0 Å². The summed E-state index contributed by atoms with van der Waals surface area (Å²) in [6, 6.07) is 8.38. The minimum Gasteiger partial charge on any atom is -0.496 e. The molecule has 0 saturated heterocycles. The number of aromatic nitrogens is 1. The van der Waals surface area contributed by atoms with Crippen LogP contribution in [0.3, 0.4) is 0 Å².